The van der Waals surface area contributed by atoms with E-state index in [-0.39, 0.29) is 5.82 Å². The predicted molar refractivity (Wildman–Crippen MR) is 58.1 cm³/mol. The first-order valence-electron chi connectivity index (χ1n) is 4.32. The van der Waals surface area contributed by atoms with E-state index in [1.807, 2.05) is 19.0 Å². The standard InChI is InChI=1S/C10H13BrFNO/c1-13(2)5-6-14-8-3-4-9(11)10(12)7-8/h3-4,7H,5-6H2,1-2H3. The SMILES string of the molecule is CN(C)CCOc1ccc(Br)c(F)c1. The van der Waals surface area contributed by atoms with Crippen LogP contribution in [-0.4, -0.2) is 32.1 Å². The molecule has 1 rings (SSSR count). The zero-order valence-corrected chi connectivity index (χ0v) is 9.84. The third-order valence-corrected chi connectivity index (χ3v) is 2.34. The van der Waals surface area contributed by atoms with E-state index in [2.05, 4.69) is 15.9 Å². The maximum absolute atomic E-state index is 13.0. The molecule has 0 fully saturated rings. The molecule has 1 aromatic carbocycles. The molecule has 0 spiro atoms. The fourth-order valence-electron chi connectivity index (χ4n) is 0.913. The van der Waals surface area contributed by atoms with Crippen LogP contribution in [0.2, 0.25) is 0 Å². The van der Waals surface area contributed by atoms with Crippen LogP contribution in [0, 0.1) is 5.82 Å². The number of hydrogen-bond acceptors (Lipinski definition) is 2. The van der Waals surface area contributed by atoms with Gasteiger partial charge in [0.1, 0.15) is 18.2 Å². The molecule has 0 saturated heterocycles. The smallest absolute Gasteiger partial charge is 0.141 e. The van der Waals surface area contributed by atoms with Crippen LogP contribution in [0.1, 0.15) is 0 Å². The Bertz CT molecular complexity index is 304. The average Bonchev–Trinajstić information content (AvgIpc) is 2.10. The largest absolute Gasteiger partial charge is 0.492 e. The Morgan fingerprint density at radius 2 is 2.14 bits per heavy atom. The summed E-state index contributed by atoms with van der Waals surface area (Å²) in [6.45, 7) is 1.38. The zero-order valence-electron chi connectivity index (χ0n) is 8.26. The van der Waals surface area contributed by atoms with Gasteiger partial charge in [0.15, 0.2) is 0 Å². The van der Waals surface area contributed by atoms with Gasteiger partial charge in [-0.1, -0.05) is 0 Å². The van der Waals surface area contributed by atoms with Crippen molar-refractivity contribution in [3.05, 3.63) is 28.5 Å². The van der Waals surface area contributed by atoms with Crippen molar-refractivity contribution in [2.45, 2.75) is 0 Å². The Labute approximate surface area is 91.8 Å². The summed E-state index contributed by atoms with van der Waals surface area (Å²) in [4.78, 5) is 2.01. The lowest BCUT2D eigenvalue weighted by molar-refractivity contribution is 0.260. The maximum atomic E-state index is 13.0. The molecule has 0 aliphatic heterocycles. The van der Waals surface area contributed by atoms with Gasteiger partial charge in [-0.05, 0) is 42.2 Å². The molecule has 2 nitrogen and oxygen atoms in total. The molecule has 0 unspecified atom stereocenters. The molecular formula is C10H13BrFNO. The Balaban J connectivity index is 2.47. The Hall–Kier alpha value is -0.610. The molecule has 0 aromatic heterocycles. The lowest BCUT2D eigenvalue weighted by atomic mass is 10.3. The summed E-state index contributed by atoms with van der Waals surface area (Å²) in [5.41, 5.74) is 0. The van der Waals surface area contributed by atoms with Crippen molar-refractivity contribution in [3.8, 4) is 5.75 Å². The lowest BCUT2D eigenvalue weighted by Crippen LogP contribution is -2.19. The number of ether oxygens (including phenoxy) is 1. The van der Waals surface area contributed by atoms with Crippen LogP contribution < -0.4 is 4.74 Å². The van der Waals surface area contributed by atoms with E-state index in [4.69, 9.17) is 4.74 Å². The summed E-state index contributed by atoms with van der Waals surface area (Å²) >= 11 is 3.08. The van der Waals surface area contributed by atoms with Gasteiger partial charge in [0, 0.05) is 12.6 Å². The third kappa shape index (κ3) is 3.64. The molecule has 0 bridgehead atoms. The Morgan fingerprint density at radius 3 is 2.71 bits per heavy atom. The summed E-state index contributed by atoms with van der Waals surface area (Å²) < 4.78 is 18.8. The van der Waals surface area contributed by atoms with Gasteiger partial charge in [-0.25, -0.2) is 4.39 Å². The van der Waals surface area contributed by atoms with Crippen LogP contribution >= 0.6 is 15.9 Å². The van der Waals surface area contributed by atoms with E-state index in [1.165, 1.54) is 6.07 Å². The van der Waals surface area contributed by atoms with E-state index >= 15 is 0 Å². The fraction of sp³-hybridized carbons (Fsp3) is 0.400. The molecule has 1 aromatic rings. The number of hydrogen-bond donors (Lipinski definition) is 0. The van der Waals surface area contributed by atoms with Gasteiger partial charge < -0.3 is 9.64 Å². The molecule has 4 heteroatoms. The molecule has 0 N–H and O–H groups in total. The lowest BCUT2D eigenvalue weighted by Gasteiger charge is -2.11. The van der Waals surface area contributed by atoms with Crippen LogP contribution in [0.3, 0.4) is 0 Å². The van der Waals surface area contributed by atoms with E-state index in [1.54, 1.807) is 12.1 Å². The molecule has 0 aliphatic carbocycles. The van der Waals surface area contributed by atoms with Crippen molar-refractivity contribution in [2.24, 2.45) is 0 Å². The normalized spacial score (nSPS) is 10.6. The van der Waals surface area contributed by atoms with Crippen LogP contribution in [0.5, 0.6) is 5.75 Å². The van der Waals surface area contributed by atoms with Crippen LogP contribution in [0.15, 0.2) is 22.7 Å². The highest BCUT2D eigenvalue weighted by molar-refractivity contribution is 9.10. The van der Waals surface area contributed by atoms with Crippen molar-refractivity contribution in [2.75, 3.05) is 27.2 Å². The summed E-state index contributed by atoms with van der Waals surface area (Å²) in [6.07, 6.45) is 0. The van der Waals surface area contributed by atoms with Gasteiger partial charge in [-0.3, -0.25) is 0 Å². The van der Waals surface area contributed by atoms with Gasteiger partial charge in [0.05, 0.1) is 4.47 Å². The second-order valence-electron chi connectivity index (χ2n) is 3.23. The van der Waals surface area contributed by atoms with E-state index in [0.29, 0.717) is 16.8 Å². The van der Waals surface area contributed by atoms with Crippen molar-refractivity contribution in [3.63, 3.8) is 0 Å². The number of nitrogens with zero attached hydrogens (tertiary/aromatic N) is 1. The van der Waals surface area contributed by atoms with Crippen molar-refractivity contribution in [1.29, 1.82) is 0 Å². The highest BCUT2D eigenvalue weighted by Gasteiger charge is 2.01. The Morgan fingerprint density at radius 1 is 1.43 bits per heavy atom. The molecular weight excluding hydrogens is 249 g/mol. The molecule has 0 saturated carbocycles. The zero-order chi connectivity index (χ0) is 10.6. The average molecular weight is 262 g/mol. The predicted octanol–water partition coefficient (Wildman–Crippen LogP) is 2.53. The minimum Gasteiger partial charge on any atom is -0.492 e. The minimum atomic E-state index is -0.299. The van der Waals surface area contributed by atoms with E-state index in [0.717, 1.165) is 6.54 Å². The molecule has 0 atom stereocenters. The first-order valence-corrected chi connectivity index (χ1v) is 5.11. The highest BCUT2D eigenvalue weighted by atomic mass is 79.9. The summed E-state index contributed by atoms with van der Waals surface area (Å²) in [6, 6.07) is 4.75. The fourth-order valence-corrected chi connectivity index (χ4v) is 1.16. The quantitative estimate of drug-likeness (QED) is 0.826. The highest BCUT2D eigenvalue weighted by Crippen LogP contribution is 2.20. The molecule has 0 aliphatic rings. The molecule has 78 valence electrons. The second-order valence-corrected chi connectivity index (χ2v) is 4.08. The number of benzene rings is 1. The number of likely N-dealkylation sites (N-methyl/N-ethyl adjacent to an activating group) is 1. The maximum Gasteiger partial charge on any atom is 0.141 e. The first-order chi connectivity index (χ1) is 6.59. The summed E-state index contributed by atoms with van der Waals surface area (Å²) in [5, 5.41) is 0. The topological polar surface area (TPSA) is 12.5 Å². The number of halogens is 2. The number of rotatable bonds is 4. The molecule has 0 radical (unpaired) electrons. The third-order valence-electron chi connectivity index (χ3n) is 1.70. The van der Waals surface area contributed by atoms with Crippen LogP contribution in [0.4, 0.5) is 4.39 Å². The molecule has 14 heavy (non-hydrogen) atoms. The van der Waals surface area contributed by atoms with Gasteiger partial charge in [-0.15, -0.1) is 0 Å². The van der Waals surface area contributed by atoms with Gasteiger partial charge in [0.2, 0.25) is 0 Å². The van der Waals surface area contributed by atoms with E-state index < -0.39 is 0 Å². The van der Waals surface area contributed by atoms with Crippen molar-refractivity contribution >= 4 is 15.9 Å². The second kappa shape index (κ2) is 5.32. The summed E-state index contributed by atoms with van der Waals surface area (Å²) in [5.74, 6) is 0.264. The minimum absolute atomic E-state index is 0.299. The van der Waals surface area contributed by atoms with Gasteiger partial charge in [-0.2, -0.15) is 0 Å². The van der Waals surface area contributed by atoms with Gasteiger partial charge >= 0.3 is 0 Å². The molecule has 0 amide bonds. The van der Waals surface area contributed by atoms with Gasteiger partial charge in [0.25, 0.3) is 0 Å². The van der Waals surface area contributed by atoms with Crippen LogP contribution in [0.25, 0.3) is 0 Å². The van der Waals surface area contributed by atoms with Crippen molar-refractivity contribution < 1.29 is 9.13 Å². The molecule has 0 heterocycles. The van der Waals surface area contributed by atoms with E-state index in [9.17, 15) is 4.39 Å². The monoisotopic (exact) mass is 261 g/mol. The van der Waals surface area contributed by atoms with Crippen molar-refractivity contribution in [1.82, 2.24) is 4.90 Å². The summed E-state index contributed by atoms with van der Waals surface area (Å²) in [7, 11) is 3.93. The first kappa shape index (κ1) is 11.5. The van der Waals surface area contributed by atoms with Crippen LogP contribution in [-0.2, 0) is 0 Å². The Kier molecular flexibility index (Phi) is 4.35.